The number of rotatable bonds is 4. The van der Waals surface area contributed by atoms with Crippen LogP contribution in [0.2, 0.25) is 0 Å². The quantitative estimate of drug-likeness (QED) is 0.363. The third kappa shape index (κ3) is 2.66. The van der Waals surface area contributed by atoms with Gasteiger partial charge in [-0.1, -0.05) is 0 Å². The maximum atomic E-state index is 12.4. The highest BCUT2D eigenvalue weighted by molar-refractivity contribution is 7.38. The summed E-state index contributed by atoms with van der Waals surface area (Å²) in [5.41, 5.74) is -2.39. The van der Waals surface area contributed by atoms with E-state index in [9.17, 15) is 28.8 Å². The van der Waals surface area contributed by atoms with E-state index in [1.807, 2.05) is 0 Å². The molecule has 0 aliphatic carbocycles. The maximum absolute atomic E-state index is 12.4. The smallest absolute Gasteiger partial charge is 0.301 e. The lowest BCUT2D eigenvalue weighted by Crippen LogP contribution is -2.81. The Labute approximate surface area is 165 Å². The highest BCUT2D eigenvalue weighted by Crippen LogP contribution is 2.51. The predicted molar refractivity (Wildman–Crippen MR) is 97.3 cm³/mol. The first-order valence-corrected chi connectivity index (χ1v) is 9.79. The molecule has 15 heteroatoms. The van der Waals surface area contributed by atoms with Crippen LogP contribution < -0.4 is 10.2 Å². The third-order valence-corrected chi connectivity index (χ3v) is 6.13. The van der Waals surface area contributed by atoms with Crippen LogP contribution in [-0.4, -0.2) is 59.1 Å². The van der Waals surface area contributed by atoms with E-state index < -0.39 is 58.9 Å². The van der Waals surface area contributed by atoms with Crippen molar-refractivity contribution in [2.75, 3.05) is 0 Å². The summed E-state index contributed by atoms with van der Waals surface area (Å²) in [5.74, 6) is -3.99. The lowest BCUT2D eigenvalue weighted by molar-refractivity contribution is -0.189. The van der Waals surface area contributed by atoms with Gasteiger partial charge in [0.25, 0.3) is 29.0 Å². The van der Waals surface area contributed by atoms with Crippen LogP contribution in [0.3, 0.4) is 0 Å². The topological polar surface area (TPSA) is 156 Å². The number of nitrogens with zero attached hydrogens (tertiary/aromatic N) is 5. The van der Waals surface area contributed by atoms with Crippen molar-refractivity contribution in [3.8, 4) is 0 Å². The van der Waals surface area contributed by atoms with Gasteiger partial charge >= 0.3 is 12.1 Å². The number of hydrogen-bond acceptors (Lipinski definition) is 7. The molecule has 0 bridgehead atoms. The molecule has 2 aliphatic rings. The molecule has 2 saturated heterocycles. The summed E-state index contributed by atoms with van der Waals surface area (Å²) in [6, 6.07) is 2.02. The Morgan fingerprint density at radius 1 is 0.793 bits per heavy atom. The van der Waals surface area contributed by atoms with Gasteiger partial charge in [0.15, 0.2) is 0 Å². The summed E-state index contributed by atoms with van der Waals surface area (Å²) >= 11 is 0. The normalized spacial score (nSPS) is 18.1. The average molecular weight is 435 g/mol. The van der Waals surface area contributed by atoms with E-state index >= 15 is 0 Å². The summed E-state index contributed by atoms with van der Waals surface area (Å²) in [4.78, 5) is 76.8. The molecule has 0 aromatic carbocycles. The lowest BCUT2D eigenvalue weighted by Gasteiger charge is -2.51. The van der Waals surface area contributed by atoms with Gasteiger partial charge < -0.3 is 10.2 Å². The molecule has 1 spiro atoms. The molecule has 4 rings (SSSR count). The van der Waals surface area contributed by atoms with Gasteiger partial charge in [-0.25, -0.2) is 23.9 Å². The van der Waals surface area contributed by atoms with Crippen LogP contribution in [0.5, 0.6) is 0 Å². The Morgan fingerprint density at radius 2 is 1.28 bits per heavy atom. The molecule has 2 atom stereocenters. The van der Waals surface area contributed by atoms with Gasteiger partial charge in [0.1, 0.15) is 6.33 Å². The molecule has 2 aliphatic heterocycles. The lowest BCUT2D eigenvalue weighted by atomic mass is 9.72. The van der Waals surface area contributed by atoms with Crippen LogP contribution in [0.1, 0.15) is 0 Å². The molecule has 29 heavy (non-hydrogen) atoms. The maximum Gasteiger partial charge on any atom is 0.331 e. The highest BCUT2D eigenvalue weighted by Gasteiger charge is 2.80. The Kier molecular flexibility index (Phi) is 4.48. The molecule has 0 radical (unpaired) electrons. The minimum Gasteiger partial charge on any atom is -0.301 e. The highest BCUT2D eigenvalue weighted by atomic mass is 31.1. The van der Waals surface area contributed by atoms with Gasteiger partial charge in [-0.3, -0.25) is 28.3 Å². The number of carbonyl (C=O) groups excluding carboxylic acids is 6. The first kappa shape index (κ1) is 18.9. The van der Waals surface area contributed by atoms with Crippen molar-refractivity contribution >= 4 is 53.5 Å². The molecule has 2 unspecified atom stereocenters. The second-order valence-electron chi connectivity index (χ2n) is 5.79. The van der Waals surface area contributed by atoms with Crippen LogP contribution >= 0.6 is 17.8 Å². The van der Waals surface area contributed by atoms with Crippen LogP contribution in [0.4, 0.5) is 9.59 Å². The van der Waals surface area contributed by atoms with Crippen molar-refractivity contribution in [3.63, 3.8) is 0 Å². The van der Waals surface area contributed by atoms with Crippen molar-refractivity contribution in [1.82, 2.24) is 33.6 Å². The number of β-lactam (4-membered cyclic amide) rings is 4. The molecule has 2 N–H and O–H groups in total. The fraction of sp³-hybridized carbons (Fsp3) is 0.0714. The summed E-state index contributed by atoms with van der Waals surface area (Å²) in [6.07, 6.45) is 6.89. The number of hydrogen-bond donors (Lipinski definition) is 2. The molecular weight excluding hydrogens is 424 g/mol. The van der Waals surface area contributed by atoms with Crippen molar-refractivity contribution in [1.29, 1.82) is 0 Å². The van der Waals surface area contributed by atoms with Gasteiger partial charge in [-0.2, -0.15) is 0 Å². The third-order valence-electron chi connectivity index (χ3n) is 4.22. The minimum atomic E-state index is -2.39. The SMILES string of the molecule is O=C(NPN1C(=O)C2(C1=O)C(=O)N(PNC(=O)n1ccnc1)C2=O)n1cccc1. The number of imide groups is 2. The Morgan fingerprint density at radius 3 is 1.72 bits per heavy atom. The fourth-order valence-electron chi connectivity index (χ4n) is 2.69. The van der Waals surface area contributed by atoms with Gasteiger partial charge in [0.05, 0.1) is 17.8 Å². The zero-order valence-corrected chi connectivity index (χ0v) is 16.2. The van der Waals surface area contributed by atoms with Gasteiger partial charge in [-0.05, 0) is 12.1 Å². The summed E-state index contributed by atoms with van der Waals surface area (Å²) < 4.78 is 3.56. The first-order valence-electron chi connectivity index (χ1n) is 7.90. The standard InChI is InChI=1S/C14H11N7O6P2/c22-8-14(9(23)20(8)28-16-12(26)18-4-1-2-5-18)10(24)21(11(14)25)29-17-13(27)19-6-3-15-7-19/h1-7,28-29H,(H,16,26)(H,17,27). The van der Waals surface area contributed by atoms with Gasteiger partial charge in [0.2, 0.25) is 0 Å². The van der Waals surface area contributed by atoms with Crippen molar-refractivity contribution in [2.24, 2.45) is 5.41 Å². The predicted octanol–water partition coefficient (Wildman–Crippen LogP) is -0.759. The average Bonchev–Trinajstić information content (AvgIpc) is 3.42. The molecular formula is C14H11N7O6P2. The van der Waals surface area contributed by atoms with E-state index in [1.165, 1.54) is 35.7 Å². The largest absolute Gasteiger partial charge is 0.331 e. The molecule has 0 saturated carbocycles. The number of carbonyl (C=O) groups is 6. The number of nitrogens with one attached hydrogen (secondary N) is 2. The van der Waals surface area contributed by atoms with Crippen LogP contribution in [0, 0.1) is 5.41 Å². The van der Waals surface area contributed by atoms with Crippen LogP contribution in [0.25, 0.3) is 0 Å². The van der Waals surface area contributed by atoms with Crippen molar-refractivity contribution < 1.29 is 28.8 Å². The van der Waals surface area contributed by atoms with Gasteiger partial charge in [0, 0.05) is 24.8 Å². The molecule has 2 aromatic heterocycles. The van der Waals surface area contributed by atoms with Crippen molar-refractivity contribution in [2.45, 2.75) is 0 Å². The number of aromatic nitrogens is 3. The van der Waals surface area contributed by atoms with E-state index in [-0.39, 0.29) is 0 Å². The molecule has 2 aromatic rings. The molecule has 2 fully saturated rings. The molecule has 13 nitrogen and oxygen atoms in total. The van der Waals surface area contributed by atoms with E-state index in [1.54, 1.807) is 12.1 Å². The Bertz CT molecular complexity index is 931. The molecule has 4 heterocycles. The van der Waals surface area contributed by atoms with E-state index in [4.69, 9.17) is 0 Å². The Balaban J connectivity index is 1.35. The van der Waals surface area contributed by atoms with Crippen molar-refractivity contribution in [3.05, 3.63) is 43.2 Å². The molecule has 148 valence electrons. The zero-order chi connectivity index (χ0) is 20.8. The van der Waals surface area contributed by atoms with Crippen LogP contribution in [-0.2, 0) is 19.2 Å². The zero-order valence-electron chi connectivity index (χ0n) is 14.2. The minimum absolute atomic E-state index is 0.577. The Hall–Kier alpha value is -3.43. The monoisotopic (exact) mass is 435 g/mol. The number of imidazole rings is 1. The first-order chi connectivity index (χ1) is 13.9. The summed E-state index contributed by atoms with van der Waals surface area (Å²) in [5, 5.41) is 4.70. The van der Waals surface area contributed by atoms with Gasteiger partial charge in [-0.15, -0.1) is 0 Å². The van der Waals surface area contributed by atoms with E-state index in [0.29, 0.717) is 9.34 Å². The van der Waals surface area contributed by atoms with Crippen LogP contribution in [0.15, 0.2) is 43.2 Å². The fourth-order valence-corrected chi connectivity index (χ4v) is 4.44. The summed E-state index contributed by atoms with van der Waals surface area (Å²) in [6.45, 7) is 0. The van der Waals surface area contributed by atoms with E-state index in [0.717, 1.165) is 4.57 Å². The van der Waals surface area contributed by atoms with E-state index in [2.05, 4.69) is 15.2 Å². The second kappa shape index (κ2) is 6.87. The second-order valence-corrected chi connectivity index (χ2v) is 7.63. The molecule has 6 amide bonds. The number of amides is 6. The summed E-state index contributed by atoms with van der Waals surface area (Å²) in [7, 11) is -1.54.